The van der Waals surface area contributed by atoms with Crippen molar-refractivity contribution in [3.8, 4) is 5.75 Å². The molecule has 0 atom stereocenters. The highest BCUT2D eigenvalue weighted by atomic mass is 16.5. The van der Waals surface area contributed by atoms with E-state index in [2.05, 4.69) is 64.3 Å². The number of aliphatic imine (C=N–C) groups is 1. The third-order valence-corrected chi connectivity index (χ3v) is 3.93. The molecule has 1 aromatic carbocycles. The number of aryl methyl sites for hydroxylation is 1. The van der Waals surface area contributed by atoms with E-state index in [1.807, 2.05) is 26.1 Å². The second-order valence-corrected chi connectivity index (χ2v) is 5.77. The first-order valence-electron chi connectivity index (χ1n) is 8.37. The molecule has 0 radical (unpaired) electrons. The minimum absolute atomic E-state index is 0.693. The normalized spacial score (nSPS) is 11.4. The van der Waals surface area contributed by atoms with Crippen molar-refractivity contribution in [3.05, 3.63) is 53.9 Å². The monoisotopic (exact) mass is 328 g/mol. The summed E-state index contributed by atoms with van der Waals surface area (Å²) in [6, 6.07) is 12.4. The lowest BCUT2D eigenvalue weighted by atomic mass is 10.1. The van der Waals surface area contributed by atoms with Gasteiger partial charge in [-0.1, -0.05) is 12.1 Å². The largest absolute Gasteiger partial charge is 0.494 e. The lowest BCUT2D eigenvalue weighted by Crippen LogP contribution is -2.39. The van der Waals surface area contributed by atoms with Crippen LogP contribution in [0.15, 0.2) is 47.6 Å². The van der Waals surface area contributed by atoms with Gasteiger partial charge in [-0.05, 0) is 43.2 Å². The van der Waals surface area contributed by atoms with E-state index in [1.165, 1.54) is 11.3 Å². The fourth-order valence-corrected chi connectivity index (χ4v) is 2.64. The fourth-order valence-electron chi connectivity index (χ4n) is 2.64. The molecule has 0 saturated heterocycles. The van der Waals surface area contributed by atoms with Gasteiger partial charge in [0.25, 0.3) is 0 Å². The zero-order valence-corrected chi connectivity index (χ0v) is 15.1. The first kappa shape index (κ1) is 17.9. The number of hydrogen-bond donors (Lipinski definition) is 1. The van der Waals surface area contributed by atoms with Crippen molar-refractivity contribution in [2.24, 2.45) is 12.0 Å². The van der Waals surface area contributed by atoms with Crippen LogP contribution in [0.5, 0.6) is 5.75 Å². The summed E-state index contributed by atoms with van der Waals surface area (Å²) in [5.74, 6) is 1.83. The van der Waals surface area contributed by atoms with Gasteiger partial charge in [-0.2, -0.15) is 0 Å². The molecule has 5 heteroatoms. The smallest absolute Gasteiger partial charge is 0.193 e. The maximum Gasteiger partial charge on any atom is 0.193 e. The number of benzene rings is 1. The highest BCUT2D eigenvalue weighted by molar-refractivity contribution is 5.79. The first-order chi connectivity index (χ1) is 11.6. The average Bonchev–Trinajstić information content (AvgIpc) is 2.97. The lowest BCUT2D eigenvalue weighted by molar-refractivity contribution is 0.340. The number of nitrogens with zero attached hydrogens (tertiary/aromatic N) is 3. The van der Waals surface area contributed by atoms with Gasteiger partial charge in [0.15, 0.2) is 5.96 Å². The maximum atomic E-state index is 5.55. The summed E-state index contributed by atoms with van der Waals surface area (Å²) < 4.78 is 7.68. The Labute approximate surface area is 145 Å². The fraction of sp³-hybridized carbons (Fsp3) is 0.421. The average molecular weight is 328 g/mol. The standard InChI is InChI=1S/C19H28N4O/c1-5-24-18-10-6-8-16(14-18)11-12-21-19(20-2)23(4)15-17-9-7-13-22(17)3/h6-10,13-14H,5,11-12,15H2,1-4H3,(H,20,21). The van der Waals surface area contributed by atoms with Gasteiger partial charge in [-0.15, -0.1) is 0 Å². The van der Waals surface area contributed by atoms with Gasteiger partial charge < -0.3 is 19.5 Å². The Morgan fingerprint density at radius 2 is 2.12 bits per heavy atom. The quantitative estimate of drug-likeness (QED) is 0.628. The van der Waals surface area contributed by atoms with Crippen LogP contribution in [0.2, 0.25) is 0 Å². The van der Waals surface area contributed by atoms with Gasteiger partial charge in [0.1, 0.15) is 5.75 Å². The number of guanidine groups is 1. The lowest BCUT2D eigenvalue weighted by Gasteiger charge is -2.22. The van der Waals surface area contributed by atoms with E-state index in [9.17, 15) is 0 Å². The van der Waals surface area contributed by atoms with Crippen LogP contribution >= 0.6 is 0 Å². The summed E-state index contributed by atoms with van der Waals surface area (Å²) in [6.45, 7) is 4.35. The molecule has 130 valence electrons. The molecule has 2 aromatic rings. The van der Waals surface area contributed by atoms with E-state index in [1.54, 1.807) is 0 Å². The molecule has 0 saturated carbocycles. The Bertz CT molecular complexity index is 663. The van der Waals surface area contributed by atoms with Gasteiger partial charge in [-0.3, -0.25) is 4.99 Å². The van der Waals surface area contributed by atoms with Crippen molar-refractivity contribution in [3.63, 3.8) is 0 Å². The highest BCUT2D eigenvalue weighted by Gasteiger charge is 2.08. The van der Waals surface area contributed by atoms with Crippen molar-refractivity contribution >= 4 is 5.96 Å². The van der Waals surface area contributed by atoms with Crippen LogP contribution in [0.25, 0.3) is 0 Å². The molecule has 0 amide bonds. The zero-order chi connectivity index (χ0) is 17.4. The third kappa shape index (κ3) is 5.05. The van der Waals surface area contributed by atoms with Gasteiger partial charge in [0.2, 0.25) is 0 Å². The van der Waals surface area contributed by atoms with Crippen LogP contribution in [0.1, 0.15) is 18.2 Å². The molecule has 0 aliphatic rings. The van der Waals surface area contributed by atoms with Crippen LogP contribution in [-0.4, -0.2) is 42.7 Å². The molecule has 0 unspecified atom stereocenters. The molecule has 1 aromatic heterocycles. The Hall–Kier alpha value is -2.43. The second kappa shape index (κ2) is 9.01. The van der Waals surface area contributed by atoms with Gasteiger partial charge in [0, 0.05) is 39.6 Å². The van der Waals surface area contributed by atoms with E-state index in [4.69, 9.17) is 4.74 Å². The number of hydrogen-bond acceptors (Lipinski definition) is 2. The van der Waals surface area contributed by atoms with Crippen molar-refractivity contribution in [1.29, 1.82) is 0 Å². The summed E-state index contributed by atoms with van der Waals surface area (Å²) in [4.78, 5) is 6.50. The topological polar surface area (TPSA) is 41.8 Å². The molecule has 2 rings (SSSR count). The molecule has 1 N–H and O–H groups in total. The van der Waals surface area contributed by atoms with Gasteiger partial charge >= 0.3 is 0 Å². The maximum absolute atomic E-state index is 5.55. The molecule has 0 bridgehead atoms. The van der Waals surface area contributed by atoms with Crippen molar-refractivity contribution < 1.29 is 4.74 Å². The number of nitrogens with one attached hydrogen (secondary N) is 1. The van der Waals surface area contributed by atoms with Crippen LogP contribution < -0.4 is 10.1 Å². The minimum Gasteiger partial charge on any atom is -0.494 e. The molecule has 24 heavy (non-hydrogen) atoms. The van der Waals surface area contributed by atoms with Crippen LogP contribution in [0.3, 0.4) is 0 Å². The van der Waals surface area contributed by atoms with Crippen molar-refractivity contribution in [2.75, 3.05) is 27.2 Å². The first-order valence-corrected chi connectivity index (χ1v) is 8.37. The van der Waals surface area contributed by atoms with E-state index in [0.717, 1.165) is 31.2 Å². The van der Waals surface area contributed by atoms with E-state index in [0.29, 0.717) is 6.61 Å². The minimum atomic E-state index is 0.693. The van der Waals surface area contributed by atoms with Gasteiger partial charge in [0.05, 0.1) is 13.2 Å². The summed E-state index contributed by atoms with van der Waals surface area (Å²) in [5, 5.41) is 3.43. The predicted molar refractivity (Wildman–Crippen MR) is 99.6 cm³/mol. The second-order valence-electron chi connectivity index (χ2n) is 5.77. The Morgan fingerprint density at radius 1 is 1.29 bits per heavy atom. The number of rotatable bonds is 7. The number of aromatic nitrogens is 1. The summed E-state index contributed by atoms with van der Waals surface area (Å²) in [6.07, 6.45) is 2.99. The number of ether oxygens (including phenoxy) is 1. The van der Waals surface area contributed by atoms with Crippen molar-refractivity contribution in [1.82, 2.24) is 14.8 Å². The molecule has 0 aliphatic carbocycles. The van der Waals surface area contributed by atoms with E-state index < -0.39 is 0 Å². The van der Waals surface area contributed by atoms with E-state index in [-0.39, 0.29) is 0 Å². The summed E-state index contributed by atoms with van der Waals surface area (Å²) in [5.41, 5.74) is 2.51. The molecule has 5 nitrogen and oxygen atoms in total. The summed E-state index contributed by atoms with van der Waals surface area (Å²) >= 11 is 0. The SMILES string of the molecule is CCOc1cccc(CCNC(=NC)N(C)Cc2cccn2C)c1. The van der Waals surface area contributed by atoms with Crippen LogP contribution in [-0.2, 0) is 20.0 Å². The predicted octanol–water partition coefficient (Wildman–Crippen LogP) is 2.67. The van der Waals surface area contributed by atoms with Gasteiger partial charge in [-0.25, -0.2) is 0 Å². The van der Waals surface area contributed by atoms with Crippen LogP contribution in [0.4, 0.5) is 0 Å². The zero-order valence-electron chi connectivity index (χ0n) is 15.1. The summed E-state index contributed by atoms with van der Waals surface area (Å²) in [7, 11) is 5.93. The highest BCUT2D eigenvalue weighted by Crippen LogP contribution is 2.13. The molecular formula is C19H28N4O. The molecule has 0 spiro atoms. The Kier molecular flexibility index (Phi) is 6.73. The Morgan fingerprint density at radius 3 is 2.79 bits per heavy atom. The Balaban J connectivity index is 1.85. The van der Waals surface area contributed by atoms with E-state index >= 15 is 0 Å². The third-order valence-electron chi connectivity index (χ3n) is 3.93. The van der Waals surface area contributed by atoms with Crippen LogP contribution in [0, 0.1) is 0 Å². The van der Waals surface area contributed by atoms with Crippen molar-refractivity contribution in [2.45, 2.75) is 19.9 Å². The molecule has 0 fully saturated rings. The molecule has 0 aliphatic heterocycles. The molecule has 1 heterocycles. The molecular weight excluding hydrogens is 300 g/mol.